The third-order valence-electron chi connectivity index (χ3n) is 6.20. The third-order valence-corrected chi connectivity index (χ3v) is 7.66. The number of hydrogen-bond acceptors (Lipinski definition) is 6. The van der Waals surface area contributed by atoms with Crippen molar-refractivity contribution in [3.63, 3.8) is 0 Å². The van der Waals surface area contributed by atoms with Crippen molar-refractivity contribution in [1.29, 1.82) is 0 Å². The predicted octanol–water partition coefficient (Wildman–Crippen LogP) is 4.11. The van der Waals surface area contributed by atoms with Gasteiger partial charge in [-0.15, -0.1) is 13.2 Å². The second kappa shape index (κ2) is 10.9. The zero-order chi connectivity index (χ0) is 28.4. The minimum absolute atomic E-state index is 0.232. The summed E-state index contributed by atoms with van der Waals surface area (Å²) in [5, 5.41) is 13.8. The summed E-state index contributed by atoms with van der Waals surface area (Å²) in [5.41, 5.74) is 0.312. The second-order valence-electron chi connectivity index (χ2n) is 9.51. The number of hydrogen-bond donors (Lipinski definition) is 3. The highest BCUT2D eigenvalue weighted by atomic mass is 32.2. The van der Waals surface area contributed by atoms with Crippen LogP contribution in [0.4, 0.5) is 13.2 Å². The molecule has 0 radical (unpaired) electrons. The number of amides is 1. The molecule has 1 aliphatic heterocycles. The van der Waals surface area contributed by atoms with Gasteiger partial charge in [0.15, 0.2) is 0 Å². The van der Waals surface area contributed by atoms with Crippen molar-refractivity contribution in [2.45, 2.75) is 49.3 Å². The number of aliphatic hydroxyl groups excluding tert-OH is 1. The van der Waals surface area contributed by atoms with Crippen molar-refractivity contribution in [3.8, 4) is 11.5 Å². The van der Waals surface area contributed by atoms with Gasteiger partial charge < -0.3 is 19.9 Å². The van der Waals surface area contributed by atoms with E-state index < -0.39 is 45.8 Å². The number of carbonyl (C=O) groups is 1. The van der Waals surface area contributed by atoms with E-state index >= 15 is 0 Å². The lowest BCUT2D eigenvalue weighted by atomic mass is 9.86. The summed E-state index contributed by atoms with van der Waals surface area (Å²) < 4.78 is 75.8. The van der Waals surface area contributed by atoms with Gasteiger partial charge in [-0.2, -0.15) is 0 Å². The first-order valence-electron chi connectivity index (χ1n) is 12.0. The standard InChI is InChI=1S/C27H27F3N2O6S/c1-26(2)24(33)23(32-39(35,36)20-11-9-19(10-12-20)37-27(28,29)30)21-16-18(8-13-22(21)38-26)25(34)31-15-14-17-6-4-3-5-7-17/h3-13,16,23-24,32-33H,14-15H2,1-2H3,(H,31,34)/t23-,24+/m1/s1. The van der Waals surface area contributed by atoms with Crippen molar-refractivity contribution < 1.29 is 41.0 Å². The summed E-state index contributed by atoms with van der Waals surface area (Å²) in [6.45, 7) is 3.53. The SMILES string of the molecule is CC1(C)Oc2ccc(C(=O)NCCc3ccccc3)cc2[C@@H](NS(=O)(=O)c2ccc(OC(F)(F)F)cc2)[C@@H]1O. The fourth-order valence-electron chi connectivity index (χ4n) is 4.19. The lowest BCUT2D eigenvalue weighted by molar-refractivity contribution is -0.274. The molecule has 0 aromatic heterocycles. The molecule has 0 spiro atoms. The van der Waals surface area contributed by atoms with Crippen LogP contribution in [0.2, 0.25) is 0 Å². The Kier molecular flexibility index (Phi) is 7.92. The van der Waals surface area contributed by atoms with Gasteiger partial charge in [0.1, 0.15) is 23.2 Å². The van der Waals surface area contributed by atoms with Crippen LogP contribution in [0, 0.1) is 0 Å². The Morgan fingerprint density at radius 2 is 1.72 bits per heavy atom. The number of benzene rings is 3. The number of ether oxygens (including phenoxy) is 2. The molecule has 0 bridgehead atoms. The van der Waals surface area contributed by atoms with Crippen LogP contribution in [-0.2, 0) is 16.4 Å². The second-order valence-corrected chi connectivity index (χ2v) is 11.2. The molecular weight excluding hydrogens is 537 g/mol. The first kappa shape index (κ1) is 28.4. The normalized spacial score (nSPS) is 18.5. The van der Waals surface area contributed by atoms with Crippen LogP contribution in [0.25, 0.3) is 0 Å². The maximum Gasteiger partial charge on any atom is 0.573 e. The van der Waals surface area contributed by atoms with E-state index in [-0.39, 0.29) is 21.8 Å². The molecule has 1 amide bonds. The molecule has 208 valence electrons. The molecule has 3 N–H and O–H groups in total. The Morgan fingerprint density at radius 1 is 1.05 bits per heavy atom. The van der Waals surface area contributed by atoms with E-state index in [1.165, 1.54) is 18.2 Å². The van der Waals surface area contributed by atoms with Crippen LogP contribution in [-0.4, -0.2) is 44.0 Å². The molecular formula is C27H27F3N2O6S. The van der Waals surface area contributed by atoms with Crippen LogP contribution >= 0.6 is 0 Å². The van der Waals surface area contributed by atoms with E-state index in [4.69, 9.17) is 4.74 Å². The Morgan fingerprint density at radius 3 is 2.36 bits per heavy atom. The number of aliphatic hydroxyl groups is 1. The fraction of sp³-hybridized carbons (Fsp3) is 0.296. The number of alkyl halides is 3. The highest BCUT2D eigenvalue weighted by Crippen LogP contribution is 2.41. The smallest absolute Gasteiger partial charge is 0.485 e. The molecule has 2 atom stereocenters. The maximum atomic E-state index is 13.2. The molecule has 0 aliphatic carbocycles. The van der Waals surface area contributed by atoms with Gasteiger partial charge in [0.2, 0.25) is 10.0 Å². The molecule has 4 rings (SSSR count). The minimum atomic E-state index is -4.92. The predicted molar refractivity (Wildman–Crippen MR) is 136 cm³/mol. The monoisotopic (exact) mass is 564 g/mol. The third kappa shape index (κ3) is 6.88. The van der Waals surface area contributed by atoms with E-state index in [2.05, 4.69) is 14.8 Å². The van der Waals surface area contributed by atoms with E-state index in [0.29, 0.717) is 13.0 Å². The van der Waals surface area contributed by atoms with Crippen molar-refractivity contribution in [2.75, 3.05) is 6.54 Å². The number of carbonyl (C=O) groups excluding carboxylic acids is 1. The first-order chi connectivity index (χ1) is 18.2. The van der Waals surface area contributed by atoms with Gasteiger partial charge in [0, 0.05) is 17.7 Å². The Labute approximate surface area is 223 Å². The molecule has 3 aromatic carbocycles. The van der Waals surface area contributed by atoms with Crippen molar-refractivity contribution in [2.24, 2.45) is 0 Å². The minimum Gasteiger partial charge on any atom is -0.485 e. The van der Waals surface area contributed by atoms with Gasteiger partial charge in [0.05, 0.1) is 10.9 Å². The topological polar surface area (TPSA) is 114 Å². The molecule has 0 unspecified atom stereocenters. The van der Waals surface area contributed by atoms with Crippen LogP contribution in [0.1, 0.15) is 41.4 Å². The molecule has 8 nitrogen and oxygen atoms in total. The van der Waals surface area contributed by atoms with E-state index in [1.807, 2.05) is 30.3 Å². The summed E-state index contributed by atoms with van der Waals surface area (Å²) in [4.78, 5) is 12.5. The van der Waals surface area contributed by atoms with Crippen LogP contribution in [0.5, 0.6) is 11.5 Å². The Bertz CT molecular complexity index is 1430. The number of halogens is 3. The van der Waals surface area contributed by atoms with Gasteiger partial charge in [-0.1, -0.05) is 30.3 Å². The summed E-state index contributed by atoms with van der Waals surface area (Å²) in [5.74, 6) is -0.704. The van der Waals surface area contributed by atoms with Gasteiger partial charge >= 0.3 is 6.36 Å². The quantitative estimate of drug-likeness (QED) is 0.380. The van der Waals surface area contributed by atoms with E-state index in [9.17, 15) is 31.5 Å². The lowest BCUT2D eigenvalue weighted by Crippen LogP contribution is -2.53. The van der Waals surface area contributed by atoms with Gasteiger partial charge in [-0.25, -0.2) is 13.1 Å². The van der Waals surface area contributed by atoms with Gasteiger partial charge in [0.25, 0.3) is 5.91 Å². The van der Waals surface area contributed by atoms with Crippen molar-refractivity contribution >= 4 is 15.9 Å². The summed E-state index contributed by atoms with van der Waals surface area (Å²) in [6, 6.07) is 16.5. The van der Waals surface area contributed by atoms with E-state index in [0.717, 1.165) is 29.8 Å². The number of fused-ring (bicyclic) bond motifs is 1. The van der Waals surface area contributed by atoms with Crippen LogP contribution in [0.15, 0.2) is 77.7 Å². The van der Waals surface area contributed by atoms with E-state index in [1.54, 1.807) is 13.8 Å². The average Bonchev–Trinajstić information content (AvgIpc) is 2.86. The van der Waals surface area contributed by atoms with Gasteiger partial charge in [-0.3, -0.25) is 4.79 Å². The molecule has 1 heterocycles. The molecule has 12 heteroatoms. The zero-order valence-electron chi connectivity index (χ0n) is 21.0. The molecule has 3 aromatic rings. The largest absolute Gasteiger partial charge is 0.573 e. The number of sulfonamides is 1. The molecule has 0 saturated carbocycles. The molecule has 0 fully saturated rings. The summed E-state index contributed by atoms with van der Waals surface area (Å²) in [7, 11) is -4.33. The molecule has 1 aliphatic rings. The zero-order valence-corrected chi connectivity index (χ0v) is 21.8. The Hall–Kier alpha value is -3.61. The highest BCUT2D eigenvalue weighted by molar-refractivity contribution is 7.89. The maximum absolute atomic E-state index is 13.2. The average molecular weight is 565 g/mol. The lowest BCUT2D eigenvalue weighted by Gasteiger charge is -2.42. The summed E-state index contributed by atoms with van der Waals surface area (Å²) >= 11 is 0. The molecule has 39 heavy (non-hydrogen) atoms. The number of rotatable bonds is 8. The first-order valence-corrected chi connectivity index (χ1v) is 13.4. The van der Waals surface area contributed by atoms with Crippen molar-refractivity contribution in [1.82, 2.24) is 10.0 Å². The number of nitrogens with one attached hydrogen (secondary N) is 2. The van der Waals surface area contributed by atoms with Gasteiger partial charge in [-0.05, 0) is 68.3 Å². The highest BCUT2D eigenvalue weighted by Gasteiger charge is 2.45. The Balaban J connectivity index is 1.56. The molecule has 0 saturated heterocycles. The van der Waals surface area contributed by atoms with Crippen LogP contribution in [0.3, 0.4) is 0 Å². The summed E-state index contributed by atoms with van der Waals surface area (Å²) in [6.07, 6.45) is -5.68. The fourth-order valence-corrected chi connectivity index (χ4v) is 5.41. The van der Waals surface area contributed by atoms with Crippen molar-refractivity contribution in [3.05, 3.63) is 89.5 Å². The van der Waals surface area contributed by atoms with Crippen LogP contribution < -0.4 is 19.5 Å².